The Morgan fingerprint density at radius 3 is 2.57 bits per heavy atom. The van der Waals surface area contributed by atoms with Crippen molar-refractivity contribution in [1.29, 1.82) is 0 Å². The van der Waals surface area contributed by atoms with Gasteiger partial charge in [-0.15, -0.1) is 0 Å². The second-order valence-corrected chi connectivity index (χ2v) is 8.08. The molecule has 1 spiro atoms. The average Bonchev–Trinajstić information content (AvgIpc) is 3.31. The summed E-state index contributed by atoms with van der Waals surface area (Å²) in [5, 5.41) is 5.80. The first-order valence-corrected chi connectivity index (χ1v) is 10.2. The predicted octanol–water partition coefficient (Wildman–Crippen LogP) is 2.41. The Morgan fingerprint density at radius 1 is 1.18 bits per heavy atom. The number of carbonyl (C=O) groups excluding carboxylic acids is 3. The van der Waals surface area contributed by atoms with Crippen molar-refractivity contribution in [1.82, 2.24) is 15.2 Å². The van der Waals surface area contributed by atoms with E-state index in [-0.39, 0.29) is 42.0 Å². The van der Waals surface area contributed by atoms with E-state index >= 15 is 0 Å². The van der Waals surface area contributed by atoms with Crippen molar-refractivity contribution >= 4 is 23.5 Å². The molecule has 2 heterocycles. The average molecular weight is 386 g/mol. The van der Waals surface area contributed by atoms with Gasteiger partial charge in [-0.3, -0.25) is 14.4 Å². The predicted molar refractivity (Wildman–Crippen MR) is 107 cm³/mol. The normalized spacial score (nSPS) is 19.9. The van der Waals surface area contributed by atoms with Crippen LogP contribution in [-0.2, 0) is 14.4 Å². The molecule has 2 N–H and O–H groups in total. The summed E-state index contributed by atoms with van der Waals surface area (Å²) in [4.78, 5) is 42.3. The Balaban J connectivity index is 1.36. The summed E-state index contributed by atoms with van der Waals surface area (Å²) in [6.07, 6.45) is 6.34. The molecule has 1 aromatic heterocycles. The zero-order valence-corrected chi connectivity index (χ0v) is 16.8. The Labute approximate surface area is 166 Å². The van der Waals surface area contributed by atoms with Gasteiger partial charge in [-0.2, -0.15) is 0 Å². The first-order chi connectivity index (χ1) is 13.4. The van der Waals surface area contributed by atoms with E-state index in [1.807, 2.05) is 24.8 Å². The van der Waals surface area contributed by atoms with Crippen molar-refractivity contribution in [3.63, 3.8) is 0 Å². The van der Waals surface area contributed by atoms with Crippen LogP contribution < -0.4 is 10.6 Å². The number of nitrogens with one attached hydrogen (secondary N) is 2. The van der Waals surface area contributed by atoms with Gasteiger partial charge in [0.1, 0.15) is 5.82 Å². The van der Waals surface area contributed by atoms with Gasteiger partial charge in [-0.05, 0) is 55.7 Å². The molecule has 1 aromatic rings. The lowest BCUT2D eigenvalue weighted by Gasteiger charge is -2.33. The molecule has 28 heavy (non-hydrogen) atoms. The number of rotatable bonds is 7. The summed E-state index contributed by atoms with van der Waals surface area (Å²) in [6, 6.07) is 3.84. The monoisotopic (exact) mass is 386 g/mol. The van der Waals surface area contributed by atoms with Crippen LogP contribution in [0, 0.1) is 12.3 Å². The number of aryl methyl sites for hydroxylation is 1. The number of hydrogen-bond donors (Lipinski definition) is 2. The van der Waals surface area contributed by atoms with E-state index in [1.54, 1.807) is 12.3 Å². The van der Waals surface area contributed by atoms with E-state index in [4.69, 9.17) is 0 Å². The van der Waals surface area contributed by atoms with E-state index in [0.29, 0.717) is 12.2 Å². The fourth-order valence-corrected chi connectivity index (χ4v) is 3.98. The highest BCUT2D eigenvalue weighted by atomic mass is 16.2. The highest BCUT2D eigenvalue weighted by molar-refractivity contribution is 5.92. The highest BCUT2D eigenvalue weighted by Crippen LogP contribution is 2.53. The zero-order chi connectivity index (χ0) is 20.1. The van der Waals surface area contributed by atoms with Crippen LogP contribution in [0.3, 0.4) is 0 Å². The lowest BCUT2D eigenvalue weighted by Crippen LogP contribution is -2.41. The topological polar surface area (TPSA) is 91.4 Å². The van der Waals surface area contributed by atoms with Crippen molar-refractivity contribution in [3.05, 3.63) is 23.9 Å². The molecule has 2 fully saturated rings. The minimum absolute atomic E-state index is 0.0845. The molecule has 1 aliphatic heterocycles. The Morgan fingerprint density at radius 2 is 1.89 bits per heavy atom. The molecule has 1 saturated carbocycles. The Bertz CT molecular complexity index is 741. The Hall–Kier alpha value is -2.44. The maximum atomic E-state index is 12.2. The van der Waals surface area contributed by atoms with Gasteiger partial charge in [0.05, 0.1) is 0 Å². The van der Waals surface area contributed by atoms with Crippen LogP contribution in [0.4, 0.5) is 5.82 Å². The lowest BCUT2D eigenvalue weighted by molar-refractivity contribution is -0.133. The number of likely N-dealkylation sites (tertiary alicyclic amines) is 1. The van der Waals surface area contributed by atoms with Gasteiger partial charge in [0.25, 0.3) is 0 Å². The summed E-state index contributed by atoms with van der Waals surface area (Å²) in [5.41, 5.74) is 1.18. The van der Waals surface area contributed by atoms with E-state index in [0.717, 1.165) is 44.3 Å². The summed E-state index contributed by atoms with van der Waals surface area (Å²) in [6.45, 7) is 5.53. The van der Waals surface area contributed by atoms with Crippen LogP contribution in [-0.4, -0.2) is 46.7 Å². The first-order valence-electron chi connectivity index (χ1n) is 10.2. The SMILES string of the molecule is CCCC(=O)N1CCC2(CC1)CC2NC(=O)CCC(=O)Nc1cc(C)ccn1. The molecule has 2 aliphatic rings. The van der Waals surface area contributed by atoms with Gasteiger partial charge >= 0.3 is 0 Å². The van der Waals surface area contributed by atoms with Crippen LogP contribution >= 0.6 is 0 Å². The van der Waals surface area contributed by atoms with Crippen LogP contribution in [0.5, 0.6) is 0 Å². The molecule has 1 saturated heterocycles. The third kappa shape index (κ3) is 5.09. The van der Waals surface area contributed by atoms with E-state index in [2.05, 4.69) is 15.6 Å². The maximum absolute atomic E-state index is 12.2. The molecule has 1 atom stereocenters. The van der Waals surface area contributed by atoms with Crippen LogP contribution in [0.15, 0.2) is 18.3 Å². The summed E-state index contributed by atoms with van der Waals surface area (Å²) in [5.74, 6) is 0.462. The molecular formula is C21H30N4O3. The molecule has 152 valence electrons. The third-order valence-corrected chi connectivity index (χ3v) is 5.86. The first kappa shape index (κ1) is 20.3. The number of amides is 3. The third-order valence-electron chi connectivity index (χ3n) is 5.86. The number of nitrogens with zero attached hydrogens (tertiary/aromatic N) is 2. The molecule has 3 rings (SSSR count). The van der Waals surface area contributed by atoms with Crippen molar-refractivity contribution in [2.75, 3.05) is 18.4 Å². The van der Waals surface area contributed by atoms with Crippen LogP contribution in [0.2, 0.25) is 0 Å². The minimum Gasteiger partial charge on any atom is -0.353 e. The van der Waals surface area contributed by atoms with Crippen molar-refractivity contribution < 1.29 is 14.4 Å². The molecule has 1 unspecified atom stereocenters. The number of piperidine rings is 1. The smallest absolute Gasteiger partial charge is 0.226 e. The second kappa shape index (κ2) is 8.71. The summed E-state index contributed by atoms with van der Waals surface area (Å²) in [7, 11) is 0. The van der Waals surface area contributed by atoms with E-state index in [1.165, 1.54) is 0 Å². The van der Waals surface area contributed by atoms with E-state index in [9.17, 15) is 14.4 Å². The van der Waals surface area contributed by atoms with E-state index < -0.39 is 0 Å². The maximum Gasteiger partial charge on any atom is 0.226 e. The fourth-order valence-electron chi connectivity index (χ4n) is 3.98. The van der Waals surface area contributed by atoms with Crippen molar-refractivity contribution in [3.8, 4) is 0 Å². The van der Waals surface area contributed by atoms with Gasteiger partial charge in [-0.25, -0.2) is 4.98 Å². The largest absolute Gasteiger partial charge is 0.353 e. The number of hydrogen-bond acceptors (Lipinski definition) is 4. The fraction of sp³-hybridized carbons (Fsp3) is 0.619. The summed E-state index contributed by atoms with van der Waals surface area (Å²) >= 11 is 0. The van der Waals surface area contributed by atoms with Gasteiger partial charge in [0, 0.05) is 44.6 Å². The molecule has 0 radical (unpaired) electrons. The van der Waals surface area contributed by atoms with Gasteiger partial charge < -0.3 is 15.5 Å². The second-order valence-electron chi connectivity index (χ2n) is 8.08. The van der Waals surface area contributed by atoms with Gasteiger partial charge in [-0.1, -0.05) is 6.92 Å². The van der Waals surface area contributed by atoms with Crippen LogP contribution in [0.25, 0.3) is 0 Å². The Kier molecular flexibility index (Phi) is 6.31. The number of aromatic nitrogens is 1. The molecule has 3 amide bonds. The standard InChI is InChI=1S/C21H30N4O3/c1-3-4-20(28)25-11-8-21(9-12-25)14-16(21)23-18(26)5-6-19(27)24-17-13-15(2)7-10-22-17/h7,10,13,16H,3-6,8-9,11-12,14H2,1-2H3,(H,23,26)(H,22,24,27). The van der Waals surface area contributed by atoms with Crippen molar-refractivity contribution in [2.24, 2.45) is 5.41 Å². The number of anilines is 1. The molecule has 0 bridgehead atoms. The molecule has 7 nitrogen and oxygen atoms in total. The van der Waals surface area contributed by atoms with Crippen molar-refractivity contribution in [2.45, 2.75) is 64.8 Å². The molecule has 7 heteroatoms. The van der Waals surface area contributed by atoms with Gasteiger partial charge in [0.15, 0.2) is 0 Å². The molecular weight excluding hydrogens is 356 g/mol. The molecule has 0 aromatic carbocycles. The van der Waals surface area contributed by atoms with Gasteiger partial charge in [0.2, 0.25) is 17.7 Å². The lowest BCUT2D eigenvalue weighted by atomic mass is 9.92. The number of pyridine rings is 1. The highest BCUT2D eigenvalue weighted by Gasteiger charge is 2.55. The summed E-state index contributed by atoms with van der Waals surface area (Å²) < 4.78 is 0. The molecule has 1 aliphatic carbocycles. The van der Waals surface area contributed by atoms with Crippen LogP contribution in [0.1, 0.15) is 57.4 Å². The minimum atomic E-state index is -0.207. The quantitative estimate of drug-likeness (QED) is 0.753. The number of carbonyl (C=O) groups is 3. The zero-order valence-electron chi connectivity index (χ0n) is 16.8.